The van der Waals surface area contributed by atoms with Crippen molar-refractivity contribution in [3.05, 3.63) is 53.1 Å². The highest BCUT2D eigenvalue weighted by molar-refractivity contribution is 6.30. The van der Waals surface area contributed by atoms with Crippen molar-refractivity contribution < 1.29 is 15.0 Å². The van der Waals surface area contributed by atoms with Gasteiger partial charge in [0.25, 0.3) is 0 Å². The third kappa shape index (κ3) is 3.59. The molecule has 0 amide bonds. The number of aliphatic carboxylic acids is 1. The van der Waals surface area contributed by atoms with Gasteiger partial charge in [0.1, 0.15) is 11.9 Å². The van der Waals surface area contributed by atoms with Gasteiger partial charge >= 0.3 is 5.97 Å². The van der Waals surface area contributed by atoms with Gasteiger partial charge in [-0.05, 0) is 24.1 Å². The average molecular weight is 295 g/mol. The number of aliphatic hydroxyl groups is 1. The van der Waals surface area contributed by atoms with Crippen LogP contribution in [-0.4, -0.2) is 25.7 Å². The third-order valence-corrected chi connectivity index (χ3v) is 3.22. The lowest BCUT2D eigenvalue weighted by atomic mass is 10.1. The minimum atomic E-state index is -0.855. The van der Waals surface area contributed by atoms with Crippen molar-refractivity contribution in [1.82, 2.24) is 9.55 Å². The predicted octanol–water partition coefficient (Wildman–Crippen LogP) is 2.48. The highest BCUT2D eigenvalue weighted by atomic mass is 35.5. The van der Waals surface area contributed by atoms with Gasteiger partial charge in [-0.1, -0.05) is 23.7 Å². The number of carboxylic acid groups (broad SMARTS) is 1. The number of aryl methyl sites for hydroxylation is 1. The summed E-state index contributed by atoms with van der Waals surface area (Å²) in [4.78, 5) is 14.7. The van der Waals surface area contributed by atoms with Crippen LogP contribution in [0, 0.1) is 0 Å². The van der Waals surface area contributed by atoms with Gasteiger partial charge in [0, 0.05) is 30.4 Å². The number of carboxylic acids is 1. The summed E-state index contributed by atoms with van der Waals surface area (Å²) in [6.07, 6.45) is 3.05. The number of aromatic nitrogens is 2. The second-order valence-corrected chi connectivity index (χ2v) is 4.87. The molecule has 0 fully saturated rings. The SMILES string of the molecule is O=C(O)CCCn1ccnc1C(O)c1ccc(Cl)cc1. The number of halogens is 1. The molecule has 5 nitrogen and oxygen atoms in total. The van der Waals surface area contributed by atoms with Gasteiger partial charge in [0.05, 0.1) is 0 Å². The number of rotatable bonds is 6. The normalized spacial score (nSPS) is 12.3. The molecule has 1 atom stereocenters. The first-order valence-corrected chi connectivity index (χ1v) is 6.62. The van der Waals surface area contributed by atoms with Crippen molar-refractivity contribution in [3.8, 4) is 0 Å². The molecule has 2 aromatic rings. The van der Waals surface area contributed by atoms with E-state index in [2.05, 4.69) is 4.98 Å². The van der Waals surface area contributed by atoms with E-state index >= 15 is 0 Å². The Hall–Kier alpha value is -1.85. The fraction of sp³-hybridized carbons (Fsp3) is 0.286. The fourth-order valence-corrected chi connectivity index (χ4v) is 2.08. The van der Waals surface area contributed by atoms with Crippen LogP contribution in [0.3, 0.4) is 0 Å². The highest BCUT2D eigenvalue weighted by Gasteiger charge is 2.16. The molecular formula is C14H15ClN2O3. The Balaban J connectivity index is 2.10. The van der Waals surface area contributed by atoms with Gasteiger partial charge in [-0.15, -0.1) is 0 Å². The maximum Gasteiger partial charge on any atom is 0.303 e. The maximum atomic E-state index is 10.5. The Labute approximate surface area is 121 Å². The summed E-state index contributed by atoms with van der Waals surface area (Å²) in [5, 5.41) is 19.6. The zero-order chi connectivity index (χ0) is 14.5. The van der Waals surface area contributed by atoms with Gasteiger partial charge in [-0.25, -0.2) is 4.98 Å². The monoisotopic (exact) mass is 294 g/mol. The van der Waals surface area contributed by atoms with E-state index in [1.807, 2.05) is 0 Å². The number of hydrogen-bond acceptors (Lipinski definition) is 3. The van der Waals surface area contributed by atoms with Crippen molar-refractivity contribution in [1.29, 1.82) is 0 Å². The summed E-state index contributed by atoms with van der Waals surface area (Å²) in [6, 6.07) is 6.89. The molecule has 1 unspecified atom stereocenters. The Morgan fingerprint density at radius 2 is 2.05 bits per heavy atom. The van der Waals surface area contributed by atoms with E-state index in [4.69, 9.17) is 16.7 Å². The fourth-order valence-electron chi connectivity index (χ4n) is 1.95. The molecule has 20 heavy (non-hydrogen) atoms. The quantitative estimate of drug-likeness (QED) is 0.858. The number of aliphatic hydroxyl groups excluding tert-OH is 1. The molecule has 2 rings (SSSR count). The van der Waals surface area contributed by atoms with Crippen LogP contribution in [0.5, 0.6) is 0 Å². The van der Waals surface area contributed by atoms with E-state index in [9.17, 15) is 9.90 Å². The molecule has 0 saturated carbocycles. The van der Waals surface area contributed by atoms with Crippen LogP contribution in [0.25, 0.3) is 0 Å². The average Bonchev–Trinajstić information content (AvgIpc) is 2.87. The maximum absolute atomic E-state index is 10.5. The van der Waals surface area contributed by atoms with Gasteiger partial charge in [0.15, 0.2) is 0 Å². The Morgan fingerprint density at radius 3 is 2.70 bits per heavy atom. The molecule has 0 radical (unpaired) electrons. The first-order chi connectivity index (χ1) is 9.58. The molecule has 1 aromatic carbocycles. The standard InChI is InChI=1S/C14H15ClN2O3/c15-11-5-3-10(4-6-11)13(20)14-16-7-9-17(14)8-1-2-12(18)19/h3-7,9,13,20H,1-2,8H2,(H,18,19). The van der Waals surface area contributed by atoms with Crippen LogP contribution in [-0.2, 0) is 11.3 Å². The van der Waals surface area contributed by atoms with Crippen LogP contribution in [0.4, 0.5) is 0 Å². The van der Waals surface area contributed by atoms with Crippen LogP contribution in [0.15, 0.2) is 36.7 Å². The van der Waals surface area contributed by atoms with Gasteiger partial charge in [-0.2, -0.15) is 0 Å². The van der Waals surface area contributed by atoms with E-state index in [-0.39, 0.29) is 6.42 Å². The molecule has 0 spiro atoms. The smallest absolute Gasteiger partial charge is 0.303 e. The second-order valence-electron chi connectivity index (χ2n) is 4.43. The van der Waals surface area contributed by atoms with E-state index in [0.29, 0.717) is 29.4 Å². The lowest BCUT2D eigenvalue weighted by Crippen LogP contribution is -2.10. The number of nitrogens with zero attached hydrogens (tertiary/aromatic N) is 2. The summed E-state index contributed by atoms with van der Waals surface area (Å²) < 4.78 is 1.77. The Bertz CT molecular complexity index is 580. The van der Waals surface area contributed by atoms with Crippen LogP contribution < -0.4 is 0 Å². The number of carbonyl (C=O) groups is 1. The van der Waals surface area contributed by atoms with Crippen molar-refractivity contribution >= 4 is 17.6 Å². The van der Waals surface area contributed by atoms with Crippen molar-refractivity contribution in [2.75, 3.05) is 0 Å². The summed E-state index contributed by atoms with van der Waals surface area (Å²) in [6.45, 7) is 0.506. The third-order valence-electron chi connectivity index (χ3n) is 2.97. The van der Waals surface area contributed by atoms with E-state index in [0.717, 1.165) is 0 Å². The van der Waals surface area contributed by atoms with Gasteiger partial charge in [-0.3, -0.25) is 4.79 Å². The molecule has 0 aliphatic carbocycles. The molecule has 6 heteroatoms. The zero-order valence-corrected chi connectivity index (χ0v) is 11.5. The molecular weight excluding hydrogens is 280 g/mol. The first kappa shape index (κ1) is 14.6. The van der Waals surface area contributed by atoms with Crippen LogP contribution >= 0.6 is 11.6 Å². The van der Waals surface area contributed by atoms with Crippen LogP contribution in [0.1, 0.15) is 30.3 Å². The molecule has 1 aromatic heterocycles. The Morgan fingerprint density at radius 1 is 1.35 bits per heavy atom. The summed E-state index contributed by atoms with van der Waals surface area (Å²) >= 11 is 5.81. The van der Waals surface area contributed by atoms with Crippen LogP contribution in [0.2, 0.25) is 5.02 Å². The predicted molar refractivity (Wildman–Crippen MR) is 74.6 cm³/mol. The largest absolute Gasteiger partial charge is 0.481 e. The minimum absolute atomic E-state index is 0.0919. The van der Waals surface area contributed by atoms with Crippen molar-refractivity contribution in [2.45, 2.75) is 25.5 Å². The molecule has 0 saturated heterocycles. The molecule has 0 aliphatic heterocycles. The second kappa shape index (κ2) is 6.54. The lowest BCUT2D eigenvalue weighted by molar-refractivity contribution is -0.137. The van der Waals surface area contributed by atoms with E-state index < -0.39 is 12.1 Å². The molecule has 0 bridgehead atoms. The molecule has 1 heterocycles. The van der Waals surface area contributed by atoms with Gasteiger partial charge in [0.2, 0.25) is 0 Å². The minimum Gasteiger partial charge on any atom is -0.481 e. The molecule has 106 valence electrons. The number of imidazole rings is 1. The van der Waals surface area contributed by atoms with Crippen molar-refractivity contribution in [3.63, 3.8) is 0 Å². The summed E-state index contributed by atoms with van der Waals surface area (Å²) in [5.41, 5.74) is 0.695. The van der Waals surface area contributed by atoms with E-state index in [1.165, 1.54) is 0 Å². The Kier molecular flexibility index (Phi) is 4.76. The zero-order valence-electron chi connectivity index (χ0n) is 10.7. The molecule has 2 N–H and O–H groups in total. The lowest BCUT2D eigenvalue weighted by Gasteiger charge is -2.13. The number of benzene rings is 1. The first-order valence-electron chi connectivity index (χ1n) is 6.24. The number of hydrogen-bond donors (Lipinski definition) is 2. The topological polar surface area (TPSA) is 75.3 Å². The molecule has 0 aliphatic rings. The summed E-state index contributed by atoms with van der Waals surface area (Å²) in [5.74, 6) is -0.331. The highest BCUT2D eigenvalue weighted by Crippen LogP contribution is 2.22. The van der Waals surface area contributed by atoms with Gasteiger partial charge < -0.3 is 14.8 Å². The van der Waals surface area contributed by atoms with E-state index in [1.54, 1.807) is 41.2 Å². The summed E-state index contributed by atoms with van der Waals surface area (Å²) in [7, 11) is 0. The van der Waals surface area contributed by atoms with Crippen molar-refractivity contribution in [2.24, 2.45) is 0 Å².